The van der Waals surface area contributed by atoms with Crippen molar-refractivity contribution < 1.29 is 9.53 Å². The molecule has 0 atom stereocenters. The summed E-state index contributed by atoms with van der Waals surface area (Å²) in [5.74, 6) is -0.125. The Morgan fingerprint density at radius 3 is 2.44 bits per heavy atom. The Bertz CT molecular complexity index is 849. The second-order valence-electron chi connectivity index (χ2n) is 7.30. The van der Waals surface area contributed by atoms with Gasteiger partial charge in [0.2, 0.25) is 0 Å². The van der Waals surface area contributed by atoms with Crippen LogP contribution in [0.3, 0.4) is 0 Å². The molecule has 0 aromatic heterocycles. The van der Waals surface area contributed by atoms with Crippen LogP contribution in [0.15, 0.2) is 48.5 Å². The summed E-state index contributed by atoms with van der Waals surface area (Å²) >= 11 is 0. The summed E-state index contributed by atoms with van der Waals surface area (Å²) < 4.78 is 5.42. The number of amides is 1. The van der Waals surface area contributed by atoms with Crippen molar-refractivity contribution >= 4 is 5.91 Å². The van der Waals surface area contributed by atoms with Gasteiger partial charge in [0.05, 0.1) is 24.8 Å². The lowest BCUT2D eigenvalue weighted by atomic mass is 9.95. The van der Waals surface area contributed by atoms with Crippen molar-refractivity contribution in [1.29, 1.82) is 5.26 Å². The van der Waals surface area contributed by atoms with Gasteiger partial charge in [0.15, 0.2) is 0 Å². The Balaban J connectivity index is 1.79. The number of morpholine rings is 1. The van der Waals surface area contributed by atoms with Gasteiger partial charge in [-0.1, -0.05) is 36.4 Å². The smallest absolute Gasteiger partial charge is 0.251 e. The van der Waals surface area contributed by atoms with Crippen molar-refractivity contribution in [3.8, 4) is 17.2 Å². The molecule has 2 aromatic carbocycles. The molecule has 5 nitrogen and oxygen atoms in total. The van der Waals surface area contributed by atoms with Crippen LogP contribution >= 0.6 is 0 Å². The van der Waals surface area contributed by atoms with Crippen LogP contribution in [-0.2, 0) is 4.74 Å². The first-order valence-electron chi connectivity index (χ1n) is 9.22. The van der Waals surface area contributed by atoms with Crippen LogP contribution in [0.5, 0.6) is 0 Å². The molecule has 5 heteroatoms. The fraction of sp³-hybridized carbons (Fsp3) is 0.364. The van der Waals surface area contributed by atoms with Crippen LogP contribution in [0.2, 0.25) is 0 Å². The van der Waals surface area contributed by atoms with Gasteiger partial charge in [-0.05, 0) is 31.5 Å². The fourth-order valence-corrected chi connectivity index (χ4v) is 3.40. The standard InChI is InChI=1S/C22H25N3O2/c1-22(2,25-11-13-27-14-12-25)16-24-21(26)20-10-6-5-9-19(20)18-8-4-3-7-17(18)15-23/h3-10H,11-14,16H2,1-2H3,(H,24,26). The lowest BCUT2D eigenvalue weighted by Crippen LogP contribution is -2.55. The molecule has 0 unspecified atom stereocenters. The number of carbonyl (C=O) groups excluding carboxylic acids is 1. The van der Waals surface area contributed by atoms with E-state index in [4.69, 9.17) is 4.74 Å². The second-order valence-corrected chi connectivity index (χ2v) is 7.30. The van der Waals surface area contributed by atoms with E-state index in [1.165, 1.54) is 0 Å². The van der Waals surface area contributed by atoms with Gasteiger partial charge in [0.25, 0.3) is 5.91 Å². The van der Waals surface area contributed by atoms with E-state index in [1.807, 2.05) is 36.4 Å². The van der Waals surface area contributed by atoms with Crippen molar-refractivity contribution in [3.63, 3.8) is 0 Å². The van der Waals surface area contributed by atoms with Crippen LogP contribution in [-0.4, -0.2) is 49.2 Å². The first kappa shape index (κ1) is 19.1. The lowest BCUT2D eigenvalue weighted by Gasteiger charge is -2.40. The molecule has 0 bridgehead atoms. The fourth-order valence-electron chi connectivity index (χ4n) is 3.40. The topological polar surface area (TPSA) is 65.4 Å². The highest BCUT2D eigenvalue weighted by molar-refractivity contribution is 6.01. The minimum atomic E-state index is -0.154. The summed E-state index contributed by atoms with van der Waals surface area (Å²) in [6, 6.07) is 17.0. The van der Waals surface area contributed by atoms with Crippen LogP contribution in [0.1, 0.15) is 29.8 Å². The molecule has 0 aliphatic carbocycles. The van der Waals surface area contributed by atoms with Gasteiger partial charge in [-0.3, -0.25) is 9.69 Å². The van der Waals surface area contributed by atoms with E-state index >= 15 is 0 Å². The van der Waals surface area contributed by atoms with Crippen molar-refractivity contribution in [2.45, 2.75) is 19.4 Å². The number of hydrogen-bond donors (Lipinski definition) is 1. The Kier molecular flexibility index (Phi) is 5.90. The third-order valence-electron chi connectivity index (χ3n) is 5.06. The molecule has 3 rings (SSSR count). The monoisotopic (exact) mass is 363 g/mol. The van der Waals surface area contributed by atoms with E-state index < -0.39 is 0 Å². The van der Waals surface area contributed by atoms with Gasteiger partial charge in [-0.25, -0.2) is 0 Å². The molecule has 140 valence electrons. The SMILES string of the molecule is CC(C)(CNC(=O)c1ccccc1-c1ccccc1C#N)N1CCOCC1. The van der Waals surface area contributed by atoms with Crippen molar-refractivity contribution in [3.05, 3.63) is 59.7 Å². The lowest BCUT2D eigenvalue weighted by molar-refractivity contribution is -0.00923. The zero-order chi connectivity index (χ0) is 19.3. The molecule has 1 amide bonds. The van der Waals surface area contributed by atoms with E-state index in [0.29, 0.717) is 17.7 Å². The number of rotatable bonds is 5. The molecular weight excluding hydrogens is 338 g/mol. The number of ether oxygens (including phenoxy) is 1. The molecule has 0 saturated carbocycles. The van der Waals surface area contributed by atoms with Gasteiger partial charge in [-0.2, -0.15) is 5.26 Å². The third kappa shape index (κ3) is 4.36. The van der Waals surface area contributed by atoms with Gasteiger partial charge in [0.1, 0.15) is 0 Å². The minimum absolute atomic E-state index is 0.125. The van der Waals surface area contributed by atoms with Gasteiger partial charge < -0.3 is 10.1 Å². The Hall–Kier alpha value is -2.68. The second kappa shape index (κ2) is 8.34. The largest absolute Gasteiger partial charge is 0.379 e. The zero-order valence-electron chi connectivity index (χ0n) is 15.9. The number of carbonyl (C=O) groups is 1. The number of benzene rings is 2. The van der Waals surface area contributed by atoms with Gasteiger partial charge in [-0.15, -0.1) is 0 Å². The van der Waals surface area contributed by atoms with Crippen molar-refractivity contribution in [1.82, 2.24) is 10.2 Å². The zero-order valence-corrected chi connectivity index (χ0v) is 15.9. The molecule has 2 aromatic rings. The highest BCUT2D eigenvalue weighted by Gasteiger charge is 2.29. The summed E-state index contributed by atoms with van der Waals surface area (Å²) in [6.45, 7) is 8.01. The molecule has 1 N–H and O–H groups in total. The normalized spacial score (nSPS) is 15.1. The number of nitrogens with zero attached hydrogens (tertiary/aromatic N) is 2. The Morgan fingerprint density at radius 1 is 1.11 bits per heavy atom. The third-order valence-corrected chi connectivity index (χ3v) is 5.06. The van der Waals surface area contributed by atoms with E-state index in [1.54, 1.807) is 12.1 Å². The van der Waals surface area contributed by atoms with Crippen LogP contribution in [0.25, 0.3) is 11.1 Å². The number of hydrogen-bond acceptors (Lipinski definition) is 4. The van der Waals surface area contributed by atoms with E-state index in [0.717, 1.165) is 37.4 Å². The summed E-state index contributed by atoms with van der Waals surface area (Å²) in [5.41, 5.74) is 2.54. The van der Waals surface area contributed by atoms with Crippen molar-refractivity contribution in [2.24, 2.45) is 0 Å². The molecule has 0 radical (unpaired) electrons. The predicted octanol–water partition coefficient (Wildman–Crippen LogP) is 3.07. The minimum Gasteiger partial charge on any atom is -0.379 e. The summed E-state index contributed by atoms with van der Waals surface area (Å²) in [5, 5.41) is 12.5. The Morgan fingerprint density at radius 2 is 1.74 bits per heavy atom. The first-order valence-corrected chi connectivity index (χ1v) is 9.22. The number of nitrogens with one attached hydrogen (secondary N) is 1. The van der Waals surface area contributed by atoms with E-state index in [-0.39, 0.29) is 11.4 Å². The van der Waals surface area contributed by atoms with E-state index in [9.17, 15) is 10.1 Å². The van der Waals surface area contributed by atoms with Gasteiger partial charge >= 0.3 is 0 Å². The maximum atomic E-state index is 12.9. The van der Waals surface area contributed by atoms with Crippen LogP contribution in [0, 0.1) is 11.3 Å². The quantitative estimate of drug-likeness (QED) is 0.887. The summed E-state index contributed by atoms with van der Waals surface area (Å²) in [4.78, 5) is 15.3. The molecule has 1 fully saturated rings. The molecule has 1 saturated heterocycles. The first-order chi connectivity index (χ1) is 13.0. The maximum absolute atomic E-state index is 12.9. The molecular formula is C22H25N3O2. The number of nitriles is 1. The van der Waals surface area contributed by atoms with Gasteiger partial charge in [0, 0.05) is 36.3 Å². The molecule has 1 heterocycles. The molecule has 1 aliphatic rings. The highest BCUT2D eigenvalue weighted by atomic mass is 16.5. The summed E-state index contributed by atoms with van der Waals surface area (Å²) in [6.07, 6.45) is 0. The maximum Gasteiger partial charge on any atom is 0.251 e. The molecule has 0 spiro atoms. The highest BCUT2D eigenvalue weighted by Crippen LogP contribution is 2.27. The Labute approximate surface area is 160 Å². The average molecular weight is 363 g/mol. The van der Waals surface area contributed by atoms with Crippen LogP contribution in [0.4, 0.5) is 0 Å². The van der Waals surface area contributed by atoms with E-state index in [2.05, 4.69) is 30.1 Å². The van der Waals surface area contributed by atoms with Crippen LogP contribution < -0.4 is 5.32 Å². The average Bonchev–Trinajstić information content (AvgIpc) is 2.72. The molecule has 27 heavy (non-hydrogen) atoms. The van der Waals surface area contributed by atoms with Crippen molar-refractivity contribution in [2.75, 3.05) is 32.8 Å². The summed E-state index contributed by atoms with van der Waals surface area (Å²) in [7, 11) is 0. The molecule has 1 aliphatic heterocycles. The predicted molar refractivity (Wildman–Crippen MR) is 105 cm³/mol.